The summed E-state index contributed by atoms with van der Waals surface area (Å²) in [6.07, 6.45) is 6.77. The summed E-state index contributed by atoms with van der Waals surface area (Å²) in [5, 5.41) is 3.44. The zero-order chi connectivity index (χ0) is 13.6. The molecule has 0 bridgehead atoms. The van der Waals surface area contributed by atoms with Gasteiger partial charge in [-0.1, -0.05) is 19.8 Å². The molecule has 18 heavy (non-hydrogen) atoms. The molecular weight excluding hydrogens is 224 g/mol. The maximum absolute atomic E-state index is 5.64. The van der Waals surface area contributed by atoms with Crippen molar-refractivity contribution in [2.45, 2.75) is 70.6 Å². The van der Waals surface area contributed by atoms with Crippen LogP contribution in [0.1, 0.15) is 52.9 Å². The van der Waals surface area contributed by atoms with E-state index in [1.807, 2.05) is 14.2 Å². The van der Waals surface area contributed by atoms with Crippen molar-refractivity contribution in [1.29, 1.82) is 0 Å². The zero-order valence-electron chi connectivity index (χ0n) is 13.0. The molecule has 1 aliphatic heterocycles. The lowest BCUT2D eigenvalue weighted by Crippen LogP contribution is -2.54. The molecule has 1 fully saturated rings. The average Bonchev–Trinajstić information content (AvgIpc) is 2.60. The van der Waals surface area contributed by atoms with Gasteiger partial charge < -0.3 is 10.1 Å². The molecule has 108 valence electrons. The van der Waals surface area contributed by atoms with Crippen molar-refractivity contribution in [1.82, 2.24) is 10.2 Å². The molecule has 2 atom stereocenters. The molecule has 1 heterocycles. The second-order valence-corrected chi connectivity index (χ2v) is 6.06. The van der Waals surface area contributed by atoms with Gasteiger partial charge in [0.05, 0.1) is 5.60 Å². The molecule has 1 aliphatic rings. The van der Waals surface area contributed by atoms with Gasteiger partial charge >= 0.3 is 0 Å². The molecule has 0 aromatic rings. The van der Waals surface area contributed by atoms with Gasteiger partial charge in [0.25, 0.3) is 0 Å². The highest BCUT2D eigenvalue weighted by Crippen LogP contribution is 2.22. The highest BCUT2D eigenvalue weighted by molar-refractivity contribution is 4.89. The van der Waals surface area contributed by atoms with Crippen molar-refractivity contribution in [3.8, 4) is 0 Å². The van der Waals surface area contributed by atoms with E-state index in [2.05, 4.69) is 31.0 Å². The van der Waals surface area contributed by atoms with Gasteiger partial charge in [0, 0.05) is 25.7 Å². The van der Waals surface area contributed by atoms with Crippen LogP contribution in [0.15, 0.2) is 0 Å². The van der Waals surface area contributed by atoms with Gasteiger partial charge in [-0.3, -0.25) is 4.90 Å². The van der Waals surface area contributed by atoms with Gasteiger partial charge in [-0.15, -0.1) is 0 Å². The van der Waals surface area contributed by atoms with Crippen LogP contribution in [-0.4, -0.2) is 49.8 Å². The average molecular weight is 256 g/mol. The number of hydrogen-bond donors (Lipinski definition) is 1. The van der Waals surface area contributed by atoms with Gasteiger partial charge in [0.2, 0.25) is 0 Å². The van der Waals surface area contributed by atoms with E-state index in [-0.39, 0.29) is 5.60 Å². The molecule has 3 heteroatoms. The number of nitrogens with zero attached hydrogens (tertiary/aromatic N) is 1. The molecule has 1 saturated heterocycles. The van der Waals surface area contributed by atoms with Crippen molar-refractivity contribution in [3.63, 3.8) is 0 Å². The van der Waals surface area contributed by atoms with E-state index in [4.69, 9.17) is 4.74 Å². The second kappa shape index (κ2) is 7.46. The van der Waals surface area contributed by atoms with Gasteiger partial charge in [0.1, 0.15) is 0 Å². The van der Waals surface area contributed by atoms with E-state index in [0.717, 1.165) is 12.6 Å². The van der Waals surface area contributed by atoms with Crippen LogP contribution in [-0.2, 0) is 4.74 Å². The quantitative estimate of drug-likeness (QED) is 0.791. The summed E-state index contributed by atoms with van der Waals surface area (Å²) in [6, 6.07) is 1.14. The van der Waals surface area contributed by atoms with Gasteiger partial charge in [-0.2, -0.15) is 0 Å². The first kappa shape index (κ1) is 15.9. The first-order chi connectivity index (χ1) is 8.55. The largest absolute Gasteiger partial charge is 0.377 e. The SMILES string of the molecule is CCC1CCCCCN1CC(NC)C(C)(C)OC. The van der Waals surface area contributed by atoms with E-state index < -0.39 is 0 Å². The minimum Gasteiger partial charge on any atom is -0.377 e. The third kappa shape index (κ3) is 4.22. The number of ether oxygens (including phenoxy) is 1. The monoisotopic (exact) mass is 256 g/mol. The maximum Gasteiger partial charge on any atom is 0.0787 e. The van der Waals surface area contributed by atoms with Gasteiger partial charge in [-0.25, -0.2) is 0 Å². The van der Waals surface area contributed by atoms with Crippen LogP contribution in [0.5, 0.6) is 0 Å². The fraction of sp³-hybridized carbons (Fsp3) is 1.00. The Balaban J connectivity index is 2.65. The molecule has 1 N–H and O–H groups in total. The molecule has 1 rings (SSSR count). The molecule has 0 amide bonds. The predicted octanol–water partition coefficient (Wildman–Crippen LogP) is 2.65. The van der Waals surface area contributed by atoms with Crippen molar-refractivity contribution >= 4 is 0 Å². The van der Waals surface area contributed by atoms with Crippen LogP contribution in [0.25, 0.3) is 0 Å². The van der Waals surface area contributed by atoms with Crippen LogP contribution in [0.4, 0.5) is 0 Å². The van der Waals surface area contributed by atoms with Crippen LogP contribution in [0.3, 0.4) is 0 Å². The number of likely N-dealkylation sites (N-methyl/N-ethyl adjacent to an activating group) is 1. The predicted molar refractivity (Wildman–Crippen MR) is 78.1 cm³/mol. The molecule has 0 saturated carbocycles. The lowest BCUT2D eigenvalue weighted by atomic mass is 9.97. The van der Waals surface area contributed by atoms with Crippen molar-refractivity contribution < 1.29 is 4.74 Å². The van der Waals surface area contributed by atoms with Crippen LogP contribution in [0, 0.1) is 0 Å². The van der Waals surface area contributed by atoms with E-state index in [9.17, 15) is 0 Å². The number of methoxy groups -OCH3 is 1. The van der Waals surface area contributed by atoms with Crippen LogP contribution < -0.4 is 5.32 Å². The number of nitrogens with one attached hydrogen (secondary N) is 1. The van der Waals surface area contributed by atoms with Crippen molar-refractivity contribution in [3.05, 3.63) is 0 Å². The molecule has 0 aliphatic carbocycles. The highest BCUT2D eigenvalue weighted by Gasteiger charge is 2.31. The van der Waals surface area contributed by atoms with E-state index in [1.54, 1.807) is 0 Å². The van der Waals surface area contributed by atoms with Crippen LogP contribution >= 0.6 is 0 Å². The number of hydrogen-bond acceptors (Lipinski definition) is 3. The van der Waals surface area contributed by atoms with E-state index in [1.165, 1.54) is 38.6 Å². The maximum atomic E-state index is 5.64. The summed E-state index contributed by atoms with van der Waals surface area (Å²) in [5.41, 5.74) is -0.112. The molecular formula is C15H32N2O. The van der Waals surface area contributed by atoms with Gasteiger partial charge in [-0.05, 0) is 46.7 Å². The molecule has 2 unspecified atom stereocenters. The summed E-state index contributed by atoms with van der Waals surface area (Å²) >= 11 is 0. The Labute approximate surface area is 113 Å². The highest BCUT2D eigenvalue weighted by atomic mass is 16.5. The standard InChI is InChI=1S/C15H32N2O/c1-6-13-10-8-7-9-11-17(13)12-14(16-4)15(2,3)18-5/h13-14,16H,6-12H2,1-5H3. The number of rotatable bonds is 6. The van der Waals surface area contributed by atoms with Crippen LogP contribution in [0.2, 0.25) is 0 Å². The summed E-state index contributed by atoms with van der Waals surface area (Å²) in [5.74, 6) is 0. The second-order valence-electron chi connectivity index (χ2n) is 6.06. The Bertz CT molecular complexity index is 231. The first-order valence-electron chi connectivity index (χ1n) is 7.51. The summed E-state index contributed by atoms with van der Waals surface area (Å²) in [7, 11) is 3.86. The van der Waals surface area contributed by atoms with E-state index >= 15 is 0 Å². The van der Waals surface area contributed by atoms with Crippen molar-refractivity contribution in [2.75, 3.05) is 27.2 Å². The third-order valence-corrected chi connectivity index (χ3v) is 4.60. The summed E-state index contributed by atoms with van der Waals surface area (Å²) < 4.78 is 5.64. The third-order valence-electron chi connectivity index (χ3n) is 4.60. The van der Waals surface area contributed by atoms with E-state index in [0.29, 0.717) is 6.04 Å². The minimum absolute atomic E-state index is 0.112. The Kier molecular flexibility index (Phi) is 6.61. The zero-order valence-corrected chi connectivity index (χ0v) is 13.0. The Morgan fingerprint density at radius 1 is 1.33 bits per heavy atom. The minimum atomic E-state index is -0.112. The summed E-state index contributed by atoms with van der Waals surface area (Å²) in [4.78, 5) is 2.68. The topological polar surface area (TPSA) is 24.5 Å². The number of likely N-dealkylation sites (tertiary alicyclic amines) is 1. The fourth-order valence-corrected chi connectivity index (χ4v) is 2.97. The molecule has 0 aromatic carbocycles. The Morgan fingerprint density at radius 2 is 2.06 bits per heavy atom. The molecule has 3 nitrogen and oxygen atoms in total. The molecule has 0 aromatic heterocycles. The molecule has 0 radical (unpaired) electrons. The Hall–Kier alpha value is -0.120. The lowest BCUT2D eigenvalue weighted by Gasteiger charge is -2.39. The van der Waals surface area contributed by atoms with Gasteiger partial charge in [0.15, 0.2) is 0 Å². The smallest absolute Gasteiger partial charge is 0.0787 e. The van der Waals surface area contributed by atoms with Crippen molar-refractivity contribution in [2.24, 2.45) is 0 Å². The summed E-state index contributed by atoms with van der Waals surface area (Å²) in [6.45, 7) is 9.00. The normalized spacial score (nSPS) is 24.8. The molecule has 0 spiro atoms. The lowest BCUT2D eigenvalue weighted by molar-refractivity contribution is -0.0215. The Morgan fingerprint density at radius 3 is 2.61 bits per heavy atom. The first-order valence-corrected chi connectivity index (χ1v) is 7.51. The fourth-order valence-electron chi connectivity index (χ4n) is 2.97.